The van der Waals surface area contributed by atoms with Crippen molar-refractivity contribution in [3.63, 3.8) is 0 Å². The number of aromatic nitrogens is 1. The van der Waals surface area contributed by atoms with E-state index in [1.54, 1.807) is 0 Å². The third-order valence-corrected chi connectivity index (χ3v) is 15.9. The van der Waals surface area contributed by atoms with E-state index in [9.17, 15) is 0 Å². The topological polar surface area (TPSA) is 8.17 Å². The number of nitrogens with zero attached hydrogens (tertiary/aromatic N) is 2. The summed E-state index contributed by atoms with van der Waals surface area (Å²) >= 11 is 0. The van der Waals surface area contributed by atoms with Crippen molar-refractivity contribution in [3.05, 3.63) is 283 Å². The largest absolute Gasteiger partial charge is 0.333 e. The highest BCUT2D eigenvalue weighted by atomic mass is 15.2. The van der Waals surface area contributed by atoms with E-state index < -0.39 is 0 Å². The summed E-state index contributed by atoms with van der Waals surface area (Å²) in [5.74, 6) is 0. The number of rotatable bonds is 8. The Balaban J connectivity index is 1.09. The minimum Gasteiger partial charge on any atom is -0.333 e. The Morgan fingerprint density at radius 1 is 0.370 bits per heavy atom. The zero-order valence-electron chi connectivity index (χ0n) is 41.0. The molecule has 2 aliphatic rings. The number of benzene rings is 11. The van der Waals surface area contributed by atoms with Gasteiger partial charge in [0.2, 0.25) is 0 Å². The number of anilines is 1. The second kappa shape index (κ2) is 17.1. The molecule has 1 aliphatic carbocycles. The molecule has 1 atom stereocenters. The fourth-order valence-corrected chi connectivity index (χ4v) is 12.4. The number of fused-ring (bicyclic) bond motifs is 6. The second-order valence-corrected chi connectivity index (χ2v) is 20.4. The molecule has 12 aromatic rings. The summed E-state index contributed by atoms with van der Waals surface area (Å²) in [6, 6.07) is 95.0. The van der Waals surface area contributed by atoms with E-state index in [4.69, 9.17) is 0 Å². The van der Waals surface area contributed by atoms with E-state index in [0.29, 0.717) is 0 Å². The first-order chi connectivity index (χ1) is 36.0. The summed E-state index contributed by atoms with van der Waals surface area (Å²) in [5, 5.41) is 7.35. The molecule has 0 fully saturated rings. The van der Waals surface area contributed by atoms with Crippen LogP contribution < -0.4 is 4.90 Å². The van der Waals surface area contributed by atoms with Gasteiger partial charge in [0.1, 0.15) is 0 Å². The van der Waals surface area contributed by atoms with Crippen LogP contribution in [0.2, 0.25) is 0 Å². The molecule has 0 N–H and O–H groups in total. The fraction of sp³-hybridized carbons (Fsp3) is 0.0704. The van der Waals surface area contributed by atoms with Gasteiger partial charge in [-0.15, -0.1) is 0 Å². The van der Waals surface area contributed by atoms with Gasteiger partial charge in [0.25, 0.3) is 0 Å². The van der Waals surface area contributed by atoms with Gasteiger partial charge >= 0.3 is 0 Å². The molecule has 2 nitrogen and oxygen atoms in total. The summed E-state index contributed by atoms with van der Waals surface area (Å²) in [6.45, 7) is 4.79. The van der Waals surface area contributed by atoms with Crippen molar-refractivity contribution in [1.82, 2.24) is 4.57 Å². The van der Waals surface area contributed by atoms with Crippen molar-refractivity contribution >= 4 is 43.7 Å². The van der Waals surface area contributed by atoms with Crippen LogP contribution in [0.25, 0.3) is 99.6 Å². The van der Waals surface area contributed by atoms with Crippen LogP contribution in [0.4, 0.5) is 5.69 Å². The lowest BCUT2D eigenvalue weighted by molar-refractivity contribution is 0.660. The molecule has 2 heterocycles. The highest BCUT2D eigenvalue weighted by molar-refractivity contribution is 6.23. The molecular weight excluding hydrogens is 881 g/mol. The molecule has 0 radical (unpaired) electrons. The Labute approximate surface area is 427 Å². The Hall–Kier alpha value is -8.98. The molecule has 1 unspecified atom stereocenters. The van der Waals surface area contributed by atoms with Crippen LogP contribution in [0.1, 0.15) is 48.6 Å². The minimum atomic E-state index is -0.166. The zero-order chi connectivity index (χ0) is 48.6. The number of hydrogen-bond donors (Lipinski definition) is 0. The van der Waals surface area contributed by atoms with Gasteiger partial charge in [-0.1, -0.05) is 226 Å². The predicted molar refractivity (Wildman–Crippen MR) is 308 cm³/mol. The van der Waals surface area contributed by atoms with E-state index in [1.165, 1.54) is 110 Å². The Morgan fingerprint density at radius 3 is 1.56 bits per heavy atom. The fourth-order valence-electron chi connectivity index (χ4n) is 12.4. The van der Waals surface area contributed by atoms with Crippen molar-refractivity contribution in [2.75, 3.05) is 4.90 Å². The molecule has 2 heteroatoms. The molecule has 11 aromatic carbocycles. The van der Waals surface area contributed by atoms with Gasteiger partial charge in [0, 0.05) is 22.5 Å². The maximum absolute atomic E-state index is 2.60. The van der Waals surface area contributed by atoms with Gasteiger partial charge in [-0.25, -0.2) is 0 Å². The van der Waals surface area contributed by atoms with Gasteiger partial charge in [-0.05, 0) is 154 Å². The highest BCUT2D eigenvalue weighted by Crippen LogP contribution is 2.53. The van der Waals surface area contributed by atoms with Crippen LogP contribution in [-0.2, 0) is 5.41 Å². The normalized spacial score (nSPS) is 14.7. The lowest BCUT2D eigenvalue weighted by atomic mass is 9.80. The first-order valence-corrected chi connectivity index (χ1v) is 25.7. The summed E-state index contributed by atoms with van der Waals surface area (Å²) in [6.07, 6.45) is 3.35. The molecular formula is C71H52N2. The maximum atomic E-state index is 2.60. The molecule has 14 rings (SSSR count). The van der Waals surface area contributed by atoms with Gasteiger partial charge in [-0.2, -0.15) is 0 Å². The van der Waals surface area contributed by atoms with Gasteiger partial charge in [0.15, 0.2) is 0 Å². The van der Waals surface area contributed by atoms with Crippen molar-refractivity contribution < 1.29 is 0 Å². The maximum Gasteiger partial charge on any atom is 0.0626 e. The summed E-state index contributed by atoms with van der Waals surface area (Å²) < 4.78 is 2.46. The van der Waals surface area contributed by atoms with Gasteiger partial charge in [0.05, 0.1) is 17.4 Å². The van der Waals surface area contributed by atoms with Crippen molar-refractivity contribution in [2.45, 2.75) is 31.7 Å². The van der Waals surface area contributed by atoms with E-state index in [-0.39, 0.29) is 11.5 Å². The van der Waals surface area contributed by atoms with Crippen molar-refractivity contribution in [1.29, 1.82) is 0 Å². The molecule has 0 amide bonds. The highest BCUT2D eigenvalue weighted by Gasteiger charge is 2.36. The minimum absolute atomic E-state index is 0.138. The molecule has 1 aliphatic heterocycles. The third-order valence-electron chi connectivity index (χ3n) is 15.9. The first-order valence-electron chi connectivity index (χ1n) is 25.7. The lowest BCUT2D eigenvalue weighted by Crippen LogP contribution is -2.22. The zero-order valence-corrected chi connectivity index (χ0v) is 41.0. The molecule has 346 valence electrons. The summed E-state index contributed by atoms with van der Waals surface area (Å²) in [4.78, 5) is 2.60. The van der Waals surface area contributed by atoms with E-state index >= 15 is 0 Å². The molecule has 0 bridgehead atoms. The average Bonchev–Trinajstić information content (AvgIpc) is 4.17. The van der Waals surface area contributed by atoms with Crippen LogP contribution in [0.15, 0.2) is 261 Å². The molecule has 0 saturated carbocycles. The monoisotopic (exact) mass is 932 g/mol. The molecule has 1 aromatic heterocycles. The quantitative estimate of drug-likeness (QED) is 0.138. The standard InChI is InChI=1S/C71H52N2/c1-71(2)63-30-18-17-29-57(63)58-36-33-54(44-64(58)71)70-60-38-35-55(72-65(48-20-7-3-8-21-48)39-40-66(72)49-22-9-4-10-23-49)45-61(60)69(53-32-31-47-19-15-16-28-52(47)43-53)59-37-34-56(46-62(59)70)73-67(50-24-11-5-12-25-50)41-42-68(73)51-26-13-6-14-27-51/h3-41,43-46,68H,42H2,1-2H3. The third kappa shape index (κ3) is 7.01. The van der Waals surface area contributed by atoms with Crippen LogP contribution in [0.5, 0.6) is 0 Å². The SMILES string of the molecule is CC1(C)c2ccccc2-c2ccc(-c3c4ccc(-n5c(-c6ccccc6)ccc5-c5ccccc5)cc4c(-c4ccc5ccccc5c4)c4ccc(N5C(c6ccccc6)=CCC5c5ccccc5)cc34)cc21. The second-order valence-electron chi connectivity index (χ2n) is 20.4. The average molecular weight is 933 g/mol. The van der Waals surface area contributed by atoms with E-state index in [2.05, 4.69) is 284 Å². The lowest BCUT2D eigenvalue weighted by Gasteiger charge is -2.31. The molecule has 73 heavy (non-hydrogen) atoms. The van der Waals surface area contributed by atoms with Crippen LogP contribution in [0.3, 0.4) is 0 Å². The van der Waals surface area contributed by atoms with Crippen LogP contribution >= 0.6 is 0 Å². The first kappa shape index (κ1) is 42.9. The van der Waals surface area contributed by atoms with Crippen molar-refractivity contribution in [2.24, 2.45) is 0 Å². The Morgan fingerprint density at radius 2 is 0.890 bits per heavy atom. The van der Waals surface area contributed by atoms with Crippen LogP contribution in [0, 0.1) is 0 Å². The summed E-state index contributed by atoms with van der Waals surface area (Å²) in [7, 11) is 0. The van der Waals surface area contributed by atoms with Crippen LogP contribution in [-0.4, -0.2) is 4.57 Å². The van der Waals surface area contributed by atoms with Gasteiger partial charge in [-0.3, -0.25) is 0 Å². The Kier molecular flexibility index (Phi) is 10.0. The number of hydrogen-bond acceptors (Lipinski definition) is 1. The molecule has 0 spiro atoms. The predicted octanol–water partition coefficient (Wildman–Crippen LogP) is 18.9. The Bertz CT molecular complexity index is 4070. The van der Waals surface area contributed by atoms with E-state index in [0.717, 1.165) is 23.5 Å². The van der Waals surface area contributed by atoms with Gasteiger partial charge < -0.3 is 9.47 Å². The summed E-state index contributed by atoms with van der Waals surface area (Å²) in [5.41, 5.74) is 20.8. The molecule has 0 saturated heterocycles. The van der Waals surface area contributed by atoms with Crippen molar-refractivity contribution in [3.8, 4) is 61.6 Å². The smallest absolute Gasteiger partial charge is 0.0626 e. The van der Waals surface area contributed by atoms with E-state index in [1.807, 2.05) is 0 Å².